The van der Waals surface area contributed by atoms with Crippen molar-refractivity contribution < 1.29 is 19.1 Å². The van der Waals surface area contributed by atoms with Gasteiger partial charge >= 0.3 is 0 Å². The van der Waals surface area contributed by atoms with Crippen LogP contribution in [-0.4, -0.2) is 44.0 Å². The largest absolute Gasteiger partial charge is 0.497 e. The van der Waals surface area contributed by atoms with E-state index in [4.69, 9.17) is 15.2 Å². The zero-order valence-corrected chi connectivity index (χ0v) is 13.6. The van der Waals surface area contributed by atoms with E-state index in [-0.39, 0.29) is 18.2 Å². The third kappa shape index (κ3) is 5.27. The van der Waals surface area contributed by atoms with E-state index >= 15 is 0 Å². The quantitative estimate of drug-likeness (QED) is 0.792. The Morgan fingerprint density at radius 2 is 1.68 bits per heavy atom. The number of rotatable bonds is 8. The second-order valence-corrected chi connectivity index (χ2v) is 5.46. The third-order valence-electron chi connectivity index (χ3n) is 3.10. The molecule has 0 aliphatic rings. The Bertz CT molecular complexity index is 507. The molecule has 0 atom stereocenters. The molecule has 1 rings (SSSR count). The molecule has 122 valence electrons. The molecule has 2 amide bonds. The van der Waals surface area contributed by atoms with Crippen LogP contribution in [0.3, 0.4) is 0 Å². The Kier molecular flexibility index (Phi) is 6.69. The van der Waals surface area contributed by atoms with Crippen LogP contribution in [0.5, 0.6) is 11.5 Å². The van der Waals surface area contributed by atoms with Gasteiger partial charge in [-0.2, -0.15) is 0 Å². The topological polar surface area (TPSA) is 81.9 Å². The first-order valence-electron chi connectivity index (χ1n) is 7.18. The van der Waals surface area contributed by atoms with Crippen molar-refractivity contribution in [2.75, 3.05) is 27.3 Å². The van der Waals surface area contributed by atoms with Crippen molar-refractivity contribution in [3.63, 3.8) is 0 Å². The molecule has 0 aromatic heterocycles. The highest BCUT2D eigenvalue weighted by atomic mass is 16.5. The lowest BCUT2D eigenvalue weighted by Crippen LogP contribution is -2.36. The van der Waals surface area contributed by atoms with Gasteiger partial charge in [0.25, 0.3) is 5.91 Å². The summed E-state index contributed by atoms with van der Waals surface area (Å²) in [4.78, 5) is 25.3. The van der Waals surface area contributed by atoms with Gasteiger partial charge in [-0.05, 0) is 18.1 Å². The van der Waals surface area contributed by atoms with Crippen molar-refractivity contribution in [1.82, 2.24) is 4.90 Å². The van der Waals surface area contributed by atoms with Gasteiger partial charge in [-0.3, -0.25) is 9.59 Å². The number of methoxy groups -OCH3 is 2. The molecule has 0 spiro atoms. The molecule has 0 heterocycles. The lowest BCUT2D eigenvalue weighted by molar-refractivity contribution is -0.118. The van der Waals surface area contributed by atoms with Gasteiger partial charge in [-0.15, -0.1) is 0 Å². The van der Waals surface area contributed by atoms with Gasteiger partial charge < -0.3 is 20.1 Å². The molecule has 0 aliphatic heterocycles. The van der Waals surface area contributed by atoms with Crippen LogP contribution < -0.4 is 15.2 Å². The normalized spacial score (nSPS) is 10.4. The summed E-state index contributed by atoms with van der Waals surface area (Å²) in [6.45, 7) is 4.87. The van der Waals surface area contributed by atoms with E-state index in [1.165, 1.54) is 14.2 Å². The summed E-state index contributed by atoms with van der Waals surface area (Å²) in [5, 5.41) is 0. The monoisotopic (exact) mass is 308 g/mol. The number of amides is 2. The number of nitrogens with zero attached hydrogens (tertiary/aromatic N) is 1. The summed E-state index contributed by atoms with van der Waals surface area (Å²) in [6.07, 6.45) is 0.138. The maximum absolute atomic E-state index is 12.7. The summed E-state index contributed by atoms with van der Waals surface area (Å²) in [7, 11) is 3.06. The van der Waals surface area contributed by atoms with Crippen molar-refractivity contribution in [2.24, 2.45) is 11.7 Å². The first kappa shape index (κ1) is 17.8. The van der Waals surface area contributed by atoms with Crippen LogP contribution in [0.15, 0.2) is 18.2 Å². The zero-order chi connectivity index (χ0) is 16.7. The van der Waals surface area contributed by atoms with Gasteiger partial charge in [0.05, 0.1) is 14.2 Å². The zero-order valence-electron chi connectivity index (χ0n) is 13.6. The third-order valence-corrected chi connectivity index (χ3v) is 3.10. The first-order chi connectivity index (χ1) is 10.4. The maximum atomic E-state index is 12.7. The lowest BCUT2D eigenvalue weighted by Gasteiger charge is -2.24. The van der Waals surface area contributed by atoms with Gasteiger partial charge in [0.15, 0.2) is 0 Å². The van der Waals surface area contributed by atoms with Crippen molar-refractivity contribution in [3.05, 3.63) is 23.8 Å². The van der Waals surface area contributed by atoms with Crippen molar-refractivity contribution >= 4 is 11.8 Å². The number of hydrogen-bond acceptors (Lipinski definition) is 4. The second kappa shape index (κ2) is 8.26. The van der Waals surface area contributed by atoms with Crippen LogP contribution in [0.2, 0.25) is 0 Å². The van der Waals surface area contributed by atoms with E-state index in [1.54, 1.807) is 23.1 Å². The number of nitrogens with two attached hydrogens (primary N) is 1. The minimum atomic E-state index is -0.426. The second-order valence-electron chi connectivity index (χ2n) is 5.46. The van der Waals surface area contributed by atoms with E-state index in [1.807, 2.05) is 13.8 Å². The molecule has 0 aliphatic carbocycles. The molecule has 6 nitrogen and oxygen atoms in total. The van der Waals surface area contributed by atoms with Crippen LogP contribution in [-0.2, 0) is 4.79 Å². The Balaban J connectivity index is 3.03. The smallest absolute Gasteiger partial charge is 0.254 e. The molecule has 0 saturated heterocycles. The van der Waals surface area contributed by atoms with Crippen LogP contribution >= 0.6 is 0 Å². The summed E-state index contributed by atoms with van der Waals surface area (Å²) in [6, 6.07) is 5.01. The van der Waals surface area contributed by atoms with Crippen LogP contribution in [0.4, 0.5) is 0 Å². The molecular weight excluding hydrogens is 284 g/mol. The summed E-state index contributed by atoms with van der Waals surface area (Å²) in [5.74, 6) is 0.769. The molecule has 0 unspecified atom stereocenters. The van der Waals surface area contributed by atoms with E-state index in [9.17, 15) is 9.59 Å². The van der Waals surface area contributed by atoms with E-state index in [0.717, 1.165) is 0 Å². The van der Waals surface area contributed by atoms with Crippen LogP contribution in [0.25, 0.3) is 0 Å². The number of hydrogen-bond donors (Lipinski definition) is 1. The number of ether oxygens (including phenoxy) is 2. The molecule has 2 N–H and O–H groups in total. The average molecular weight is 308 g/mol. The highest BCUT2D eigenvalue weighted by Crippen LogP contribution is 2.23. The van der Waals surface area contributed by atoms with Gasteiger partial charge in [0.1, 0.15) is 11.5 Å². The summed E-state index contributed by atoms with van der Waals surface area (Å²) in [5.41, 5.74) is 5.64. The fourth-order valence-electron chi connectivity index (χ4n) is 2.08. The van der Waals surface area contributed by atoms with Crippen LogP contribution in [0.1, 0.15) is 30.6 Å². The Labute approximate surface area is 131 Å². The van der Waals surface area contributed by atoms with E-state index in [0.29, 0.717) is 30.2 Å². The molecule has 22 heavy (non-hydrogen) atoms. The van der Waals surface area contributed by atoms with E-state index in [2.05, 4.69) is 0 Å². The molecule has 0 fully saturated rings. The predicted molar refractivity (Wildman–Crippen MR) is 84.1 cm³/mol. The number of carbonyl (C=O) groups excluding carboxylic acids is 2. The molecule has 0 radical (unpaired) electrons. The fraction of sp³-hybridized carbons (Fsp3) is 0.500. The number of carbonyl (C=O) groups is 2. The maximum Gasteiger partial charge on any atom is 0.254 e. The Hall–Kier alpha value is -2.24. The van der Waals surface area contributed by atoms with Gasteiger partial charge in [0, 0.05) is 31.1 Å². The molecular formula is C16H24N2O4. The number of benzene rings is 1. The highest BCUT2D eigenvalue weighted by Gasteiger charge is 2.19. The van der Waals surface area contributed by atoms with Crippen molar-refractivity contribution in [2.45, 2.75) is 20.3 Å². The van der Waals surface area contributed by atoms with Gasteiger partial charge in [0.2, 0.25) is 5.91 Å². The SMILES string of the molecule is COc1cc(OC)cc(C(=O)N(CCC(N)=O)CC(C)C)c1. The minimum Gasteiger partial charge on any atom is -0.497 e. The molecule has 6 heteroatoms. The highest BCUT2D eigenvalue weighted by molar-refractivity contribution is 5.95. The molecule has 0 bridgehead atoms. The van der Waals surface area contributed by atoms with Crippen molar-refractivity contribution in [3.8, 4) is 11.5 Å². The van der Waals surface area contributed by atoms with Gasteiger partial charge in [-0.25, -0.2) is 0 Å². The lowest BCUT2D eigenvalue weighted by atomic mass is 10.1. The standard InChI is InChI=1S/C16H24N2O4/c1-11(2)10-18(6-5-15(17)19)16(20)12-7-13(21-3)9-14(8-12)22-4/h7-9,11H,5-6,10H2,1-4H3,(H2,17,19). The van der Waals surface area contributed by atoms with Crippen molar-refractivity contribution in [1.29, 1.82) is 0 Å². The van der Waals surface area contributed by atoms with E-state index < -0.39 is 5.91 Å². The van der Waals surface area contributed by atoms with Crippen LogP contribution in [0, 0.1) is 5.92 Å². The predicted octanol–water partition coefficient (Wildman–Crippen LogP) is 1.68. The number of primary amides is 1. The summed E-state index contributed by atoms with van der Waals surface area (Å²) >= 11 is 0. The van der Waals surface area contributed by atoms with Gasteiger partial charge in [-0.1, -0.05) is 13.8 Å². The minimum absolute atomic E-state index is 0.138. The fourth-order valence-corrected chi connectivity index (χ4v) is 2.08. The molecule has 1 aromatic rings. The average Bonchev–Trinajstić information content (AvgIpc) is 2.49. The molecule has 0 saturated carbocycles. The Morgan fingerprint density at radius 3 is 2.09 bits per heavy atom. The first-order valence-corrected chi connectivity index (χ1v) is 7.18. The molecule has 1 aromatic carbocycles. The Morgan fingerprint density at radius 1 is 1.14 bits per heavy atom. The summed E-state index contributed by atoms with van der Waals surface area (Å²) < 4.78 is 10.4.